The van der Waals surface area contributed by atoms with Crippen LogP contribution < -0.4 is 0 Å². The number of hydrogen-bond acceptors (Lipinski definition) is 0. The van der Waals surface area contributed by atoms with Gasteiger partial charge in [0.1, 0.15) is 0 Å². The summed E-state index contributed by atoms with van der Waals surface area (Å²) in [6, 6.07) is 55.3. The molecule has 0 spiro atoms. The topological polar surface area (TPSA) is 0 Å². The molecule has 2 aliphatic carbocycles. The maximum atomic E-state index is 2.63. The van der Waals surface area contributed by atoms with Gasteiger partial charge in [0.15, 0.2) is 0 Å². The van der Waals surface area contributed by atoms with Gasteiger partial charge < -0.3 is 0 Å². The number of fused-ring (bicyclic) bond motifs is 3. The van der Waals surface area contributed by atoms with Crippen molar-refractivity contribution in [2.75, 3.05) is 0 Å². The summed E-state index contributed by atoms with van der Waals surface area (Å²) in [4.78, 5) is 0. The van der Waals surface area contributed by atoms with Crippen molar-refractivity contribution in [3.63, 3.8) is 0 Å². The van der Waals surface area contributed by atoms with E-state index in [2.05, 4.69) is 205 Å². The summed E-state index contributed by atoms with van der Waals surface area (Å²) in [7, 11) is 0. The summed E-state index contributed by atoms with van der Waals surface area (Å²) >= 11 is -2.90. The Morgan fingerprint density at radius 2 is 0.904 bits per heavy atom. The molecular formula is C51H48Zr. The van der Waals surface area contributed by atoms with Crippen LogP contribution in [0.3, 0.4) is 0 Å². The minimum atomic E-state index is -2.90. The molecule has 0 radical (unpaired) electrons. The molecule has 0 heterocycles. The Balaban J connectivity index is 1.54. The van der Waals surface area contributed by atoms with Crippen LogP contribution in [0.1, 0.15) is 85.0 Å². The van der Waals surface area contributed by atoms with Gasteiger partial charge in [0.05, 0.1) is 0 Å². The SMILES string of the molecule is CC(C)(C)c1cc2c(cc1-c1ccccc1)[CH]([Zr]([C]1=CC=CC1)=[C](c1ccccc1)c1ccccc1)c1cc(-c3ccccc3)c(C(C)(C)C)cc1-2. The molecule has 0 bridgehead atoms. The van der Waals surface area contributed by atoms with E-state index in [9.17, 15) is 0 Å². The summed E-state index contributed by atoms with van der Waals surface area (Å²) in [6.45, 7) is 14.3. The molecular weight excluding hydrogens is 704 g/mol. The van der Waals surface area contributed by atoms with Crippen LogP contribution in [0.2, 0.25) is 0 Å². The molecule has 6 aromatic rings. The van der Waals surface area contributed by atoms with Crippen LogP contribution >= 0.6 is 0 Å². The van der Waals surface area contributed by atoms with Gasteiger partial charge in [0.2, 0.25) is 0 Å². The Hall–Kier alpha value is -4.45. The second-order valence-electron chi connectivity index (χ2n) is 16.5. The fourth-order valence-electron chi connectivity index (χ4n) is 8.43. The second-order valence-corrected chi connectivity index (χ2v) is 22.7. The van der Waals surface area contributed by atoms with Crippen molar-refractivity contribution in [3.8, 4) is 33.4 Å². The van der Waals surface area contributed by atoms with E-state index in [1.807, 2.05) is 0 Å². The van der Waals surface area contributed by atoms with Gasteiger partial charge in [-0.25, -0.2) is 0 Å². The molecule has 0 aromatic heterocycles. The van der Waals surface area contributed by atoms with Crippen molar-refractivity contribution in [2.45, 2.75) is 62.4 Å². The first-order valence-electron chi connectivity index (χ1n) is 18.8. The third-order valence-electron chi connectivity index (χ3n) is 10.9. The molecule has 256 valence electrons. The maximum absolute atomic E-state index is 2.90. The third-order valence-corrected chi connectivity index (χ3v) is 19.2. The predicted octanol–water partition coefficient (Wildman–Crippen LogP) is 13.4. The zero-order valence-corrected chi connectivity index (χ0v) is 33.8. The normalized spacial score (nSPS) is 13.8. The molecule has 52 heavy (non-hydrogen) atoms. The summed E-state index contributed by atoms with van der Waals surface area (Å²) in [5.41, 5.74) is 16.7. The molecule has 0 saturated heterocycles. The number of benzene rings is 6. The van der Waals surface area contributed by atoms with Crippen molar-refractivity contribution < 1.29 is 21.3 Å². The average Bonchev–Trinajstić information content (AvgIpc) is 3.80. The van der Waals surface area contributed by atoms with Crippen molar-refractivity contribution in [2.24, 2.45) is 0 Å². The molecule has 0 fully saturated rings. The van der Waals surface area contributed by atoms with Crippen LogP contribution in [-0.4, -0.2) is 3.21 Å². The molecule has 0 N–H and O–H groups in total. The Morgan fingerprint density at radius 1 is 0.500 bits per heavy atom. The quantitative estimate of drug-likeness (QED) is 0.159. The van der Waals surface area contributed by atoms with E-state index in [-0.39, 0.29) is 10.8 Å². The molecule has 6 aromatic carbocycles. The van der Waals surface area contributed by atoms with Gasteiger partial charge in [0, 0.05) is 0 Å². The van der Waals surface area contributed by atoms with Gasteiger partial charge in [-0.1, -0.05) is 0 Å². The standard InChI is InChI=1S/C33H33.C13H10.C5H5.Zr/c1-32(2,3)30-20-26-24(18-28(30)22-13-9-7-10-14-22)17-25-19-29(23-15-11-8-12-16-23)31(21-27(25)26)33(4,5)6;1-3-7-12(8-4-1)11-13-9-5-2-6-10-13;1-2-4-5-3-1;/h7-21H,1-6H3;1-10H;1-3H,4H2;. The van der Waals surface area contributed by atoms with Gasteiger partial charge in [-0.2, -0.15) is 0 Å². The zero-order chi connectivity index (χ0) is 36.0. The zero-order valence-electron chi connectivity index (χ0n) is 31.4. The molecule has 0 saturated carbocycles. The molecule has 1 heteroatoms. The molecule has 0 unspecified atom stereocenters. The first-order valence-corrected chi connectivity index (χ1v) is 22.7. The van der Waals surface area contributed by atoms with Crippen molar-refractivity contribution in [1.82, 2.24) is 0 Å². The van der Waals surface area contributed by atoms with Gasteiger partial charge in [0.25, 0.3) is 0 Å². The second kappa shape index (κ2) is 13.8. The van der Waals surface area contributed by atoms with E-state index in [1.165, 1.54) is 66.8 Å². The Labute approximate surface area is 318 Å². The molecule has 2 aliphatic rings. The van der Waals surface area contributed by atoms with Crippen molar-refractivity contribution in [1.29, 1.82) is 0 Å². The monoisotopic (exact) mass is 750 g/mol. The van der Waals surface area contributed by atoms with Gasteiger partial charge >= 0.3 is 321 Å². The molecule has 0 nitrogen and oxygen atoms in total. The van der Waals surface area contributed by atoms with E-state index >= 15 is 0 Å². The number of allylic oxidation sites excluding steroid dienone is 4. The van der Waals surface area contributed by atoms with E-state index < -0.39 is 21.3 Å². The van der Waals surface area contributed by atoms with Crippen LogP contribution in [0.5, 0.6) is 0 Å². The molecule has 0 amide bonds. The number of rotatable bonds is 6. The third kappa shape index (κ3) is 6.43. The first kappa shape index (κ1) is 34.6. The molecule has 0 atom stereocenters. The summed E-state index contributed by atoms with van der Waals surface area (Å²) in [5.74, 6) is 0. The minimum absolute atomic E-state index is 0.0276. The summed E-state index contributed by atoms with van der Waals surface area (Å²) in [5, 5.41) is 0. The van der Waals surface area contributed by atoms with Crippen LogP contribution in [0, 0.1) is 0 Å². The fraction of sp³-hybridized carbons (Fsp3) is 0.196. The van der Waals surface area contributed by atoms with E-state index in [0.717, 1.165) is 6.42 Å². The van der Waals surface area contributed by atoms with Gasteiger partial charge in [-0.3, -0.25) is 0 Å². The molecule has 0 aliphatic heterocycles. The Morgan fingerprint density at radius 3 is 1.27 bits per heavy atom. The van der Waals surface area contributed by atoms with E-state index in [1.54, 1.807) is 6.49 Å². The first-order chi connectivity index (χ1) is 25.1. The van der Waals surface area contributed by atoms with Crippen molar-refractivity contribution in [3.05, 3.63) is 200 Å². The van der Waals surface area contributed by atoms with Crippen molar-refractivity contribution >= 4 is 3.21 Å². The van der Waals surface area contributed by atoms with Crippen LogP contribution in [0.25, 0.3) is 33.4 Å². The Bertz CT molecular complexity index is 2200. The van der Waals surface area contributed by atoms with Crippen LogP contribution in [-0.2, 0) is 32.1 Å². The van der Waals surface area contributed by atoms with E-state index in [4.69, 9.17) is 0 Å². The van der Waals surface area contributed by atoms with Crippen LogP contribution in [0.4, 0.5) is 0 Å². The van der Waals surface area contributed by atoms with Gasteiger partial charge in [-0.05, 0) is 0 Å². The summed E-state index contributed by atoms with van der Waals surface area (Å²) in [6.07, 6.45) is 8.23. The predicted molar refractivity (Wildman–Crippen MR) is 220 cm³/mol. The Kier molecular flexibility index (Phi) is 9.21. The average molecular weight is 752 g/mol. The van der Waals surface area contributed by atoms with Gasteiger partial charge in [-0.15, -0.1) is 0 Å². The molecule has 8 rings (SSSR count). The van der Waals surface area contributed by atoms with Crippen LogP contribution in [0.15, 0.2) is 167 Å². The van der Waals surface area contributed by atoms with E-state index in [0.29, 0.717) is 3.63 Å². The summed E-state index contributed by atoms with van der Waals surface area (Å²) < 4.78 is 3.56. The number of hydrogen-bond donors (Lipinski definition) is 0. The fourth-order valence-corrected chi connectivity index (χ4v) is 17.4.